The topological polar surface area (TPSA) is 52.6 Å². The van der Waals surface area contributed by atoms with Crippen LogP contribution >= 0.6 is 0 Å². The Bertz CT molecular complexity index is 283. The van der Waals surface area contributed by atoms with Crippen molar-refractivity contribution in [3.05, 3.63) is 0 Å². The maximum atomic E-state index is 12.2. The smallest absolute Gasteiger partial charge is 0.310 e. The van der Waals surface area contributed by atoms with Gasteiger partial charge in [-0.05, 0) is 38.5 Å². The molecule has 0 heterocycles. The molecule has 0 aromatic heterocycles. The molecule has 4 heteroatoms. The molecule has 0 saturated heterocycles. The summed E-state index contributed by atoms with van der Waals surface area (Å²) in [5.74, 6) is -0.895. The molecule has 0 bridgehead atoms. The van der Waals surface area contributed by atoms with Crippen LogP contribution < -0.4 is 0 Å². The Hall–Kier alpha value is -1.06. The van der Waals surface area contributed by atoms with Crippen molar-refractivity contribution in [2.24, 2.45) is 23.7 Å². The van der Waals surface area contributed by atoms with Crippen molar-refractivity contribution in [2.45, 2.75) is 47.0 Å². The largest absolute Gasteiger partial charge is 0.466 e. The van der Waals surface area contributed by atoms with Crippen LogP contribution in [-0.2, 0) is 19.1 Å². The van der Waals surface area contributed by atoms with Crippen LogP contribution in [0.1, 0.15) is 47.0 Å². The summed E-state index contributed by atoms with van der Waals surface area (Å²) >= 11 is 0. The number of carbonyl (C=O) groups is 2. The van der Waals surface area contributed by atoms with Crippen molar-refractivity contribution in [3.8, 4) is 0 Å². The molecule has 4 nitrogen and oxygen atoms in total. The van der Waals surface area contributed by atoms with Crippen molar-refractivity contribution in [1.29, 1.82) is 0 Å². The van der Waals surface area contributed by atoms with Crippen molar-refractivity contribution >= 4 is 11.9 Å². The summed E-state index contributed by atoms with van der Waals surface area (Å²) < 4.78 is 10.3. The van der Waals surface area contributed by atoms with Gasteiger partial charge in [0.1, 0.15) is 0 Å². The number of rotatable bonds is 4. The third kappa shape index (κ3) is 3.95. The van der Waals surface area contributed by atoms with Crippen LogP contribution in [0.4, 0.5) is 0 Å². The second-order valence-corrected chi connectivity index (χ2v) is 5.44. The van der Waals surface area contributed by atoms with Gasteiger partial charge in [0.15, 0.2) is 0 Å². The third-order valence-corrected chi connectivity index (χ3v) is 4.05. The fraction of sp³-hybridized carbons (Fsp3) is 0.867. The average Bonchev–Trinajstić information content (AvgIpc) is 2.49. The predicted octanol–water partition coefficient (Wildman–Crippen LogP) is 2.80. The number of ether oxygens (including phenoxy) is 2. The summed E-state index contributed by atoms with van der Waals surface area (Å²) in [5, 5.41) is 0. The first-order valence-corrected chi connectivity index (χ1v) is 7.36. The molecule has 0 aromatic rings. The Morgan fingerprint density at radius 2 is 1.26 bits per heavy atom. The molecule has 4 atom stereocenters. The van der Waals surface area contributed by atoms with Crippen molar-refractivity contribution in [1.82, 2.24) is 0 Å². The van der Waals surface area contributed by atoms with E-state index in [1.54, 1.807) is 13.8 Å². The zero-order chi connectivity index (χ0) is 14.4. The first kappa shape index (κ1) is 16.0. The molecule has 0 spiro atoms. The number of hydrogen-bond donors (Lipinski definition) is 0. The molecule has 110 valence electrons. The van der Waals surface area contributed by atoms with Gasteiger partial charge in [-0.1, -0.05) is 20.3 Å². The lowest BCUT2D eigenvalue weighted by atomic mass is 9.77. The van der Waals surface area contributed by atoms with Gasteiger partial charge in [0.25, 0.3) is 0 Å². The molecule has 0 radical (unpaired) electrons. The monoisotopic (exact) mass is 270 g/mol. The van der Waals surface area contributed by atoms with E-state index in [1.165, 1.54) is 0 Å². The first-order chi connectivity index (χ1) is 9.02. The van der Waals surface area contributed by atoms with Crippen LogP contribution in [0.5, 0.6) is 0 Å². The SMILES string of the molecule is CCOC(=O)C1C(C)CCCC(C)C1C(=O)OCC. The van der Waals surface area contributed by atoms with Crippen molar-refractivity contribution < 1.29 is 19.1 Å². The predicted molar refractivity (Wildman–Crippen MR) is 72.4 cm³/mol. The van der Waals surface area contributed by atoms with Crippen LogP contribution in [0.15, 0.2) is 0 Å². The molecule has 1 aliphatic rings. The highest BCUT2D eigenvalue weighted by molar-refractivity contribution is 5.82. The molecule has 19 heavy (non-hydrogen) atoms. The molecule has 1 saturated carbocycles. The average molecular weight is 270 g/mol. The number of esters is 2. The van der Waals surface area contributed by atoms with Gasteiger partial charge in [-0.2, -0.15) is 0 Å². The van der Waals surface area contributed by atoms with Gasteiger partial charge in [0, 0.05) is 0 Å². The maximum Gasteiger partial charge on any atom is 0.310 e. The zero-order valence-corrected chi connectivity index (χ0v) is 12.5. The Labute approximate surface area is 115 Å². The molecule has 0 amide bonds. The summed E-state index contributed by atoms with van der Waals surface area (Å²) in [6, 6.07) is 0. The minimum absolute atomic E-state index is 0.165. The number of carbonyl (C=O) groups excluding carboxylic acids is 2. The lowest BCUT2D eigenvalue weighted by molar-refractivity contribution is -0.164. The van der Waals surface area contributed by atoms with Gasteiger partial charge in [0.05, 0.1) is 25.0 Å². The Balaban J connectivity index is 2.98. The molecule has 0 N–H and O–H groups in total. The highest BCUT2D eigenvalue weighted by Crippen LogP contribution is 2.38. The Morgan fingerprint density at radius 1 is 0.895 bits per heavy atom. The van der Waals surface area contributed by atoms with Crippen LogP contribution in [0.25, 0.3) is 0 Å². The second-order valence-electron chi connectivity index (χ2n) is 5.44. The van der Waals surface area contributed by atoms with E-state index in [-0.39, 0.29) is 35.6 Å². The molecule has 1 rings (SSSR count). The zero-order valence-electron chi connectivity index (χ0n) is 12.5. The normalized spacial score (nSPS) is 31.4. The summed E-state index contributed by atoms with van der Waals surface area (Å²) in [5.41, 5.74) is 0. The van der Waals surface area contributed by atoms with Gasteiger partial charge < -0.3 is 9.47 Å². The van der Waals surface area contributed by atoms with E-state index in [4.69, 9.17) is 9.47 Å². The minimum atomic E-state index is -0.364. The highest BCUT2D eigenvalue weighted by atomic mass is 16.5. The van der Waals surface area contributed by atoms with Crippen LogP contribution in [0, 0.1) is 23.7 Å². The van der Waals surface area contributed by atoms with E-state index in [9.17, 15) is 9.59 Å². The standard InChI is InChI=1S/C15H26O4/c1-5-18-14(16)12-10(3)8-7-9-11(4)13(12)15(17)19-6-2/h10-13H,5-9H2,1-4H3. The first-order valence-electron chi connectivity index (χ1n) is 7.36. The molecule has 0 aromatic carbocycles. The van der Waals surface area contributed by atoms with Crippen molar-refractivity contribution in [2.75, 3.05) is 13.2 Å². The molecule has 4 unspecified atom stereocenters. The van der Waals surface area contributed by atoms with Gasteiger partial charge in [-0.25, -0.2) is 0 Å². The molecule has 1 fully saturated rings. The third-order valence-electron chi connectivity index (χ3n) is 4.05. The summed E-state index contributed by atoms with van der Waals surface area (Å²) in [6.07, 6.45) is 2.97. The fourth-order valence-electron chi connectivity index (χ4n) is 3.06. The van der Waals surface area contributed by atoms with Crippen molar-refractivity contribution in [3.63, 3.8) is 0 Å². The van der Waals surface area contributed by atoms with Crippen LogP contribution in [0.2, 0.25) is 0 Å². The van der Waals surface area contributed by atoms with E-state index in [1.807, 2.05) is 13.8 Å². The van der Waals surface area contributed by atoms with Gasteiger partial charge in [0.2, 0.25) is 0 Å². The second kappa shape index (κ2) is 7.51. The molecular formula is C15H26O4. The summed E-state index contributed by atoms with van der Waals surface area (Å²) in [6.45, 7) is 8.36. The van der Waals surface area contributed by atoms with Crippen LogP contribution in [-0.4, -0.2) is 25.2 Å². The molecule has 1 aliphatic carbocycles. The quantitative estimate of drug-likeness (QED) is 0.582. The van der Waals surface area contributed by atoms with E-state index >= 15 is 0 Å². The Morgan fingerprint density at radius 3 is 1.58 bits per heavy atom. The lowest BCUT2D eigenvalue weighted by Gasteiger charge is -2.29. The van der Waals surface area contributed by atoms with Crippen LogP contribution in [0.3, 0.4) is 0 Å². The van der Waals surface area contributed by atoms with E-state index in [0.29, 0.717) is 13.2 Å². The lowest BCUT2D eigenvalue weighted by Crippen LogP contribution is -2.39. The minimum Gasteiger partial charge on any atom is -0.466 e. The Kier molecular flexibility index (Phi) is 6.32. The number of hydrogen-bond acceptors (Lipinski definition) is 4. The maximum absolute atomic E-state index is 12.2. The summed E-state index contributed by atoms with van der Waals surface area (Å²) in [7, 11) is 0. The van der Waals surface area contributed by atoms with Gasteiger partial charge in [-0.3, -0.25) is 9.59 Å². The summed E-state index contributed by atoms with van der Waals surface area (Å²) in [4.78, 5) is 24.4. The molecular weight excluding hydrogens is 244 g/mol. The van der Waals surface area contributed by atoms with E-state index in [0.717, 1.165) is 19.3 Å². The van der Waals surface area contributed by atoms with Gasteiger partial charge in [-0.15, -0.1) is 0 Å². The fourth-order valence-corrected chi connectivity index (χ4v) is 3.06. The highest BCUT2D eigenvalue weighted by Gasteiger charge is 2.43. The van der Waals surface area contributed by atoms with Gasteiger partial charge >= 0.3 is 11.9 Å². The molecule has 0 aliphatic heterocycles. The van der Waals surface area contributed by atoms with E-state index < -0.39 is 0 Å². The van der Waals surface area contributed by atoms with E-state index in [2.05, 4.69) is 0 Å².